The Bertz CT molecular complexity index is 457. The van der Waals surface area contributed by atoms with Gasteiger partial charge in [0.25, 0.3) is 0 Å². The molecule has 1 aromatic carbocycles. The monoisotopic (exact) mass is 284 g/mol. The summed E-state index contributed by atoms with van der Waals surface area (Å²) in [4.78, 5) is 0. The summed E-state index contributed by atoms with van der Waals surface area (Å²) in [7, 11) is 0. The van der Waals surface area contributed by atoms with Gasteiger partial charge in [-0.05, 0) is 25.0 Å². The van der Waals surface area contributed by atoms with Crippen molar-refractivity contribution in [1.29, 1.82) is 0 Å². The molecule has 1 heterocycles. The van der Waals surface area contributed by atoms with Crippen molar-refractivity contribution in [3.8, 4) is 5.75 Å². The molecule has 0 N–H and O–H groups in total. The molecule has 2 nitrogen and oxygen atoms in total. The maximum absolute atomic E-state index is 13.4. The van der Waals surface area contributed by atoms with E-state index in [1.807, 2.05) is 0 Å². The smallest absolute Gasteiger partial charge is 0.145 e. The molecule has 0 amide bonds. The fourth-order valence-corrected chi connectivity index (χ4v) is 3.31. The zero-order chi connectivity index (χ0) is 13.3. The van der Waals surface area contributed by atoms with E-state index in [0.29, 0.717) is 5.75 Å². The quantitative estimate of drug-likeness (QED) is 0.804. The summed E-state index contributed by atoms with van der Waals surface area (Å²) < 4.78 is 25.3. The number of hydrogen-bond acceptors (Lipinski definition) is 2. The van der Waals surface area contributed by atoms with Gasteiger partial charge in [-0.2, -0.15) is 0 Å². The largest absolute Gasteiger partial charge is 0.490 e. The van der Waals surface area contributed by atoms with Crippen molar-refractivity contribution in [3.63, 3.8) is 0 Å². The highest BCUT2D eigenvalue weighted by molar-refractivity contribution is 6.30. The molecule has 1 saturated heterocycles. The van der Waals surface area contributed by atoms with Gasteiger partial charge in [0.2, 0.25) is 0 Å². The molecule has 0 bridgehead atoms. The Labute approximate surface area is 117 Å². The minimum atomic E-state index is -0.429. The minimum Gasteiger partial charge on any atom is -0.490 e. The van der Waals surface area contributed by atoms with Crippen LogP contribution in [0.1, 0.15) is 38.5 Å². The molecule has 2 aliphatic rings. The van der Waals surface area contributed by atoms with Crippen LogP contribution in [0, 0.1) is 5.82 Å². The van der Waals surface area contributed by atoms with Gasteiger partial charge in [-0.1, -0.05) is 24.4 Å². The van der Waals surface area contributed by atoms with Crippen LogP contribution in [-0.2, 0) is 4.74 Å². The van der Waals surface area contributed by atoms with Crippen molar-refractivity contribution >= 4 is 11.6 Å². The molecule has 104 valence electrons. The first-order chi connectivity index (χ1) is 9.17. The minimum absolute atomic E-state index is 0.0217. The molecule has 3 rings (SSSR count). The fourth-order valence-electron chi connectivity index (χ4n) is 3.19. The second-order valence-electron chi connectivity index (χ2n) is 5.55. The summed E-state index contributed by atoms with van der Waals surface area (Å²) in [6, 6.07) is 4.62. The van der Waals surface area contributed by atoms with Crippen molar-refractivity contribution in [3.05, 3.63) is 29.0 Å². The van der Waals surface area contributed by atoms with Crippen LogP contribution in [0.15, 0.2) is 18.2 Å². The van der Waals surface area contributed by atoms with Crippen molar-refractivity contribution < 1.29 is 13.9 Å². The predicted molar refractivity (Wildman–Crippen MR) is 72.2 cm³/mol. The van der Waals surface area contributed by atoms with Gasteiger partial charge in [0.15, 0.2) is 0 Å². The predicted octanol–water partition coefficient (Wildman–Crippen LogP) is 4.35. The first-order valence-corrected chi connectivity index (χ1v) is 7.30. The highest BCUT2D eigenvalue weighted by Crippen LogP contribution is 2.41. The topological polar surface area (TPSA) is 18.5 Å². The lowest BCUT2D eigenvalue weighted by molar-refractivity contribution is -0.108. The normalized spacial score (nSPS) is 25.7. The molecular weight excluding hydrogens is 267 g/mol. The first kappa shape index (κ1) is 13.2. The molecule has 4 heteroatoms. The van der Waals surface area contributed by atoms with Gasteiger partial charge in [-0.25, -0.2) is 4.39 Å². The van der Waals surface area contributed by atoms with E-state index in [4.69, 9.17) is 21.1 Å². The summed E-state index contributed by atoms with van der Waals surface area (Å²) in [6.45, 7) is 0.737. The SMILES string of the molecule is Fc1cc(OC2CCOC3(CCCC3)C2)ccc1Cl. The van der Waals surface area contributed by atoms with Crippen LogP contribution < -0.4 is 4.74 Å². The van der Waals surface area contributed by atoms with Gasteiger partial charge < -0.3 is 9.47 Å². The van der Waals surface area contributed by atoms with Crippen LogP contribution in [0.25, 0.3) is 0 Å². The molecular formula is C15H18ClFO2. The van der Waals surface area contributed by atoms with Crippen molar-refractivity contribution in [1.82, 2.24) is 0 Å². The Morgan fingerprint density at radius 2 is 2.11 bits per heavy atom. The molecule has 0 radical (unpaired) electrons. The molecule has 1 aromatic rings. The van der Waals surface area contributed by atoms with Gasteiger partial charge in [0.05, 0.1) is 17.2 Å². The zero-order valence-electron chi connectivity index (χ0n) is 10.8. The Kier molecular flexibility index (Phi) is 3.68. The summed E-state index contributed by atoms with van der Waals surface area (Å²) in [5, 5.41) is 0.131. The molecule has 1 atom stereocenters. The standard InChI is InChI=1S/C15H18ClFO2/c16-13-4-3-11(9-14(13)17)19-12-5-8-18-15(10-12)6-1-2-7-15/h3-4,9,12H,1-2,5-8,10H2. The van der Waals surface area contributed by atoms with Crippen LogP contribution >= 0.6 is 11.6 Å². The van der Waals surface area contributed by atoms with Gasteiger partial charge in [-0.15, -0.1) is 0 Å². The lowest BCUT2D eigenvalue weighted by atomic mass is 9.90. The molecule has 1 aliphatic carbocycles. The molecule has 1 saturated carbocycles. The highest BCUT2D eigenvalue weighted by Gasteiger charge is 2.40. The number of rotatable bonds is 2. The zero-order valence-corrected chi connectivity index (χ0v) is 11.6. The van der Waals surface area contributed by atoms with Crippen molar-refractivity contribution in [2.24, 2.45) is 0 Å². The molecule has 19 heavy (non-hydrogen) atoms. The van der Waals surface area contributed by atoms with E-state index < -0.39 is 5.82 Å². The van der Waals surface area contributed by atoms with Crippen LogP contribution in [0.3, 0.4) is 0 Å². The number of benzene rings is 1. The van der Waals surface area contributed by atoms with Crippen molar-refractivity contribution in [2.75, 3.05) is 6.61 Å². The van der Waals surface area contributed by atoms with E-state index in [1.165, 1.54) is 25.0 Å². The number of halogens is 2. The average Bonchev–Trinajstić information content (AvgIpc) is 2.82. The second kappa shape index (κ2) is 5.29. The van der Waals surface area contributed by atoms with E-state index in [-0.39, 0.29) is 16.7 Å². The van der Waals surface area contributed by atoms with Crippen LogP contribution in [0.4, 0.5) is 4.39 Å². The van der Waals surface area contributed by atoms with Crippen molar-refractivity contribution in [2.45, 2.75) is 50.2 Å². The Morgan fingerprint density at radius 3 is 2.84 bits per heavy atom. The molecule has 0 aromatic heterocycles. The van der Waals surface area contributed by atoms with Gasteiger partial charge >= 0.3 is 0 Å². The summed E-state index contributed by atoms with van der Waals surface area (Å²) in [6.07, 6.45) is 6.63. The third-order valence-corrected chi connectivity index (χ3v) is 4.46. The van der Waals surface area contributed by atoms with Crippen LogP contribution in [0.2, 0.25) is 5.02 Å². The highest BCUT2D eigenvalue weighted by atomic mass is 35.5. The fraction of sp³-hybridized carbons (Fsp3) is 0.600. The van der Waals surface area contributed by atoms with Crippen LogP contribution in [0.5, 0.6) is 5.75 Å². The van der Waals surface area contributed by atoms with E-state index in [9.17, 15) is 4.39 Å². The van der Waals surface area contributed by atoms with E-state index in [2.05, 4.69) is 0 Å². The van der Waals surface area contributed by atoms with Crippen LogP contribution in [-0.4, -0.2) is 18.3 Å². The van der Waals surface area contributed by atoms with E-state index in [1.54, 1.807) is 6.07 Å². The lowest BCUT2D eigenvalue weighted by Gasteiger charge is -2.38. The summed E-state index contributed by atoms with van der Waals surface area (Å²) in [5.74, 6) is 0.128. The third kappa shape index (κ3) is 2.87. The third-order valence-electron chi connectivity index (χ3n) is 4.16. The number of hydrogen-bond donors (Lipinski definition) is 0. The molecule has 2 fully saturated rings. The average molecular weight is 285 g/mol. The second-order valence-corrected chi connectivity index (χ2v) is 5.95. The molecule has 1 unspecified atom stereocenters. The molecule has 1 aliphatic heterocycles. The number of ether oxygens (including phenoxy) is 2. The van der Waals surface area contributed by atoms with Gasteiger partial charge in [-0.3, -0.25) is 0 Å². The summed E-state index contributed by atoms with van der Waals surface area (Å²) in [5.41, 5.74) is 0.0217. The Hall–Kier alpha value is -0.800. The van der Waals surface area contributed by atoms with Gasteiger partial charge in [0, 0.05) is 18.9 Å². The van der Waals surface area contributed by atoms with E-state index >= 15 is 0 Å². The maximum atomic E-state index is 13.4. The Balaban J connectivity index is 1.67. The van der Waals surface area contributed by atoms with Gasteiger partial charge in [0.1, 0.15) is 17.7 Å². The molecule has 1 spiro atoms. The lowest BCUT2D eigenvalue weighted by Crippen LogP contribution is -2.41. The Morgan fingerprint density at radius 1 is 1.32 bits per heavy atom. The van der Waals surface area contributed by atoms with E-state index in [0.717, 1.165) is 32.3 Å². The maximum Gasteiger partial charge on any atom is 0.145 e. The summed E-state index contributed by atoms with van der Waals surface area (Å²) >= 11 is 5.67. The first-order valence-electron chi connectivity index (χ1n) is 6.93.